The van der Waals surface area contributed by atoms with Gasteiger partial charge in [0.1, 0.15) is 5.82 Å². The quantitative estimate of drug-likeness (QED) is 0.761. The Bertz CT molecular complexity index is 500. The van der Waals surface area contributed by atoms with Gasteiger partial charge in [0.05, 0.1) is 6.54 Å². The number of amides is 1. The van der Waals surface area contributed by atoms with Crippen LogP contribution in [0.15, 0.2) is 24.3 Å². The highest BCUT2D eigenvalue weighted by Gasteiger charge is 2.06. The third-order valence-corrected chi connectivity index (χ3v) is 2.16. The third-order valence-electron chi connectivity index (χ3n) is 2.16. The van der Waals surface area contributed by atoms with Gasteiger partial charge in [-0.15, -0.1) is 0 Å². The second-order valence-electron chi connectivity index (χ2n) is 3.74. The van der Waals surface area contributed by atoms with Crippen molar-refractivity contribution < 1.29 is 19.1 Å². The molecule has 18 heavy (non-hydrogen) atoms. The van der Waals surface area contributed by atoms with E-state index in [0.717, 1.165) is 6.08 Å². The summed E-state index contributed by atoms with van der Waals surface area (Å²) < 4.78 is 13.3. The Kier molecular flexibility index (Phi) is 4.42. The second-order valence-corrected chi connectivity index (χ2v) is 3.74. The lowest BCUT2D eigenvalue weighted by Gasteiger charge is -2.17. The molecule has 1 aromatic carbocycles. The monoisotopic (exact) mass is 252 g/mol. The van der Waals surface area contributed by atoms with Crippen molar-refractivity contribution in [3.8, 4) is 0 Å². The molecule has 0 bridgehead atoms. The number of carboxylic acids is 1. The summed E-state index contributed by atoms with van der Waals surface area (Å²) >= 11 is 0. The van der Waals surface area contributed by atoms with Crippen LogP contribution in [0.5, 0.6) is 0 Å². The van der Waals surface area contributed by atoms with Gasteiger partial charge in [-0.3, -0.25) is 4.79 Å². The minimum Gasteiger partial charge on any atom is -0.478 e. The van der Waals surface area contributed by atoms with Gasteiger partial charge in [0.15, 0.2) is 0 Å². The smallest absolute Gasteiger partial charge is 0.328 e. The number of hydrogen-bond donors (Lipinski definition) is 2. The zero-order valence-corrected chi connectivity index (χ0v) is 9.76. The minimum absolute atomic E-state index is 0.0501. The summed E-state index contributed by atoms with van der Waals surface area (Å²) in [5.41, 5.74) is 5.87. The van der Waals surface area contributed by atoms with Gasteiger partial charge in [-0.1, -0.05) is 0 Å². The van der Waals surface area contributed by atoms with Crippen molar-refractivity contribution in [2.75, 3.05) is 18.5 Å². The number of carbonyl (C=O) groups is 2. The molecular weight excluding hydrogens is 239 g/mol. The summed E-state index contributed by atoms with van der Waals surface area (Å²) in [6.45, 7) is -0.0501. The zero-order valence-electron chi connectivity index (χ0n) is 9.76. The highest BCUT2D eigenvalue weighted by atomic mass is 19.1. The molecule has 1 rings (SSSR count). The molecule has 5 nitrogen and oxygen atoms in total. The van der Waals surface area contributed by atoms with Gasteiger partial charge < -0.3 is 15.7 Å². The number of halogens is 1. The average molecular weight is 252 g/mol. The summed E-state index contributed by atoms with van der Waals surface area (Å²) in [7, 11) is 1.59. The molecule has 0 aliphatic heterocycles. The summed E-state index contributed by atoms with van der Waals surface area (Å²) in [4.78, 5) is 22.6. The fourth-order valence-electron chi connectivity index (χ4n) is 1.41. The molecule has 96 valence electrons. The van der Waals surface area contributed by atoms with Crippen molar-refractivity contribution in [3.63, 3.8) is 0 Å². The average Bonchev–Trinajstić information content (AvgIpc) is 2.24. The normalized spacial score (nSPS) is 10.6. The number of anilines is 1. The molecule has 0 unspecified atom stereocenters. The number of rotatable bonds is 5. The van der Waals surface area contributed by atoms with E-state index in [1.54, 1.807) is 13.1 Å². The molecular formula is C12H13FN2O3. The molecule has 0 saturated heterocycles. The SMILES string of the molecule is CN(CC(N)=O)c1cc(F)cc(/C=C/C(=O)O)c1. The minimum atomic E-state index is -1.12. The summed E-state index contributed by atoms with van der Waals surface area (Å²) in [5, 5.41) is 8.49. The van der Waals surface area contributed by atoms with E-state index in [2.05, 4.69) is 0 Å². The van der Waals surface area contributed by atoms with Crippen molar-refractivity contribution in [2.45, 2.75) is 0 Å². The van der Waals surface area contributed by atoms with Crippen LogP contribution < -0.4 is 10.6 Å². The molecule has 0 aliphatic rings. The fourth-order valence-corrected chi connectivity index (χ4v) is 1.41. The first-order chi connectivity index (χ1) is 8.38. The van der Waals surface area contributed by atoms with E-state index in [0.29, 0.717) is 11.3 Å². The van der Waals surface area contributed by atoms with E-state index < -0.39 is 17.7 Å². The zero-order chi connectivity index (χ0) is 13.7. The maximum absolute atomic E-state index is 13.3. The fraction of sp³-hybridized carbons (Fsp3) is 0.167. The summed E-state index contributed by atoms with van der Waals surface area (Å²) in [6, 6.07) is 3.99. The lowest BCUT2D eigenvalue weighted by molar-refractivity contribution is -0.131. The predicted molar refractivity (Wildman–Crippen MR) is 65.5 cm³/mol. The Balaban J connectivity index is 3.00. The van der Waals surface area contributed by atoms with Gasteiger partial charge in [-0.25, -0.2) is 9.18 Å². The van der Waals surface area contributed by atoms with E-state index in [-0.39, 0.29) is 6.54 Å². The van der Waals surface area contributed by atoms with Crippen LogP contribution in [0.3, 0.4) is 0 Å². The number of nitrogens with zero attached hydrogens (tertiary/aromatic N) is 1. The molecule has 0 radical (unpaired) electrons. The molecule has 0 atom stereocenters. The first-order valence-corrected chi connectivity index (χ1v) is 5.09. The molecule has 1 amide bonds. The maximum atomic E-state index is 13.3. The Morgan fingerprint density at radius 1 is 1.44 bits per heavy atom. The maximum Gasteiger partial charge on any atom is 0.328 e. The Hall–Kier alpha value is -2.37. The second kappa shape index (κ2) is 5.81. The van der Waals surface area contributed by atoms with E-state index >= 15 is 0 Å². The summed E-state index contributed by atoms with van der Waals surface area (Å²) in [5.74, 6) is -2.18. The van der Waals surface area contributed by atoms with Gasteiger partial charge in [-0.2, -0.15) is 0 Å². The van der Waals surface area contributed by atoms with Gasteiger partial charge in [-0.05, 0) is 29.8 Å². The molecule has 6 heteroatoms. The van der Waals surface area contributed by atoms with Gasteiger partial charge in [0.25, 0.3) is 0 Å². The number of hydrogen-bond acceptors (Lipinski definition) is 3. The van der Waals surface area contributed by atoms with Crippen LogP contribution in [0.1, 0.15) is 5.56 Å². The lowest BCUT2D eigenvalue weighted by atomic mass is 10.1. The molecule has 3 N–H and O–H groups in total. The number of likely N-dealkylation sites (N-methyl/N-ethyl adjacent to an activating group) is 1. The third kappa shape index (κ3) is 4.25. The lowest BCUT2D eigenvalue weighted by Crippen LogP contribution is -2.30. The van der Waals surface area contributed by atoms with Gasteiger partial charge in [0.2, 0.25) is 5.91 Å². The van der Waals surface area contributed by atoms with Crippen LogP contribution >= 0.6 is 0 Å². The van der Waals surface area contributed by atoms with Crippen LogP contribution in [-0.4, -0.2) is 30.6 Å². The van der Waals surface area contributed by atoms with E-state index in [1.165, 1.54) is 23.1 Å². The molecule has 0 aliphatic carbocycles. The number of carbonyl (C=O) groups excluding carboxylic acids is 1. The van der Waals surface area contributed by atoms with E-state index in [1.807, 2.05) is 0 Å². The van der Waals surface area contributed by atoms with Crippen LogP contribution in [0.25, 0.3) is 6.08 Å². The Labute approximate surface area is 103 Å². The van der Waals surface area contributed by atoms with Gasteiger partial charge in [0, 0.05) is 18.8 Å². The summed E-state index contributed by atoms with van der Waals surface area (Å²) in [6.07, 6.45) is 2.18. The first kappa shape index (κ1) is 13.7. The number of nitrogens with two attached hydrogens (primary N) is 1. The largest absolute Gasteiger partial charge is 0.478 e. The highest BCUT2D eigenvalue weighted by Crippen LogP contribution is 2.18. The van der Waals surface area contributed by atoms with Crippen molar-refractivity contribution in [1.29, 1.82) is 0 Å². The molecule has 0 fully saturated rings. The van der Waals surface area contributed by atoms with Crippen molar-refractivity contribution in [2.24, 2.45) is 5.73 Å². The van der Waals surface area contributed by atoms with Crippen molar-refractivity contribution >= 4 is 23.6 Å². The van der Waals surface area contributed by atoms with Crippen LogP contribution in [0, 0.1) is 5.82 Å². The topological polar surface area (TPSA) is 83.6 Å². The molecule has 0 heterocycles. The number of carboxylic acid groups (broad SMARTS) is 1. The highest BCUT2D eigenvalue weighted by molar-refractivity contribution is 5.85. The van der Waals surface area contributed by atoms with Crippen LogP contribution in [0.2, 0.25) is 0 Å². The van der Waals surface area contributed by atoms with E-state index in [4.69, 9.17) is 10.8 Å². The van der Waals surface area contributed by atoms with Crippen LogP contribution in [0.4, 0.5) is 10.1 Å². The van der Waals surface area contributed by atoms with Crippen molar-refractivity contribution in [3.05, 3.63) is 35.7 Å². The molecule has 0 saturated carbocycles. The molecule has 0 aromatic heterocycles. The van der Waals surface area contributed by atoms with Crippen LogP contribution in [-0.2, 0) is 9.59 Å². The first-order valence-electron chi connectivity index (χ1n) is 5.09. The number of benzene rings is 1. The Morgan fingerprint density at radius 3 is 2.67 bits per heavy atom. The standard InChI is InChI=1S/C12H13FN2O3/c1-15(7-11(14)16)10-5-8(2-3-12(17)18)4-9(13)6-10/h2-6H,7H2,1H3,(H2,14,16)(H,17,18)/b3-2+. The molecule has 1 aromatic rings. The van der Waals surface area contributed by atoms with Gasteiger partial charge >= 0.3 is 5.97 Å². The van der Waals surface area contributed by atoms with Crippen molar-refractivity contribution in [1.82, 2.24) is 0 Å². The van der Waals surface area contributed by atoms with E-state index in [9.17, 15) is 14.0 Å². The Morgan fingerprint density at radius 2 is 2.11 bits per heavy atom. The number of primary amides is 1. The predicted octanol–water partition coefficient (Wildman–Crippen LogP) is 0.845. The molecule has 0 spiro atoms. The number of aliphatic carboxylic acids is 1.